The molecule has 0 aliphatic rings. The number of carbonyl (C=O) groups is 1. The van der Waals surface area contributed by atoms with Crippen LogP contribution < -0.4 is 4.74 Å². The van der Waals surface area contributed by atoms with Crippen LogP contribution in [-0.2, 0) is 17.8 Å². The highest BCUT2D eigenvalue weighted by molar-refractivity contribution is 5.89. The monoisotopic (exact) mass is 276 g/mol. The highest BCUT2D eigenvalue weighted by atomic mass is 16.5. The zero-order valence-electron chi connectivity index (χ0n) is 11.5. The Labute approximate surface area is 116 Å². The quantitative estimate of drug-likeness (QED) is 0.754. The van der Waals surface area contributed by atoms with Crippen LogP contribution in [0.1, 0.15) is 35.4 Å². The average Bonchev–Trinajstić information content (AvgIpc) is 2.93. The third kappa shape index (κ3) is 3.57. The number of hydrogen-bond donors (Lipinski definition) is 0. The van der Waals surface area contributed by atoms with Crippen molar-refractivity contribution in [1.29, 1.82) is 0 Å². The Bertz CT molecular complexity index is 563. The van der Waals surface area contributed by atoms with Gasteiger partial charge in [0.1, 0.15) is 5.75 Å². The number of aromatic nitrogens is 2. The summed E-state index contributed by atoms with van der Waals surface area (Å²) in [6.45, 7) is 2.25. The van der Waals surface area contributed by atoms with Gasteiger partial charge in [0.05, 0.1) is 12.7 Å². The van der Waals surface area contributed by atoms with Gasteiger partial charge in [-0.3, -0.25) is 0 Å². The Balaban J connectivity index is 1.91. The van der Waals surface area contributed by atoms with Crippen molar-refractivity contribution in [2.24, 2.45) is 0 Å². The fourth-order valence-electron chi connectivity index (χ4n) is 1.62. The molecule has 0 saturated carbocycles. The third-order valence-corrected chi connectivity index (χ3v) is 2.62. The van der Waals surface area contributed by atoms with Crippen molar-refractivity contribution in [2.45, 2.75) is 26.4 Å². The highest BCUT2D eigenvalue weighted by Gasteiger charge is 2.07. The summed E-state index contributed by atoms with van der Waals surface area (Å²) in [7, 11) is 1.34. The summed E-state index contributed by atoms with van der Waals surface area (Å²) < 4.78 is 15.2. The van der Waals surface area contributed by atoms with Gasteiger partial charge in [-0.1, -0.05) is 12.1 Å². The van der Waals surface area contributed by atoms with E-state index in [1.807, 2.05) is 0 Å². The first kappa shape index (κ1) is 14.0. The van der Waals surface area contributed by atoms with Gasteiger partial charge >= 0.3 is 5.97 Å². The summed E-state index contributed by atoms with van der Waals surface area (Å²) in [4.78, 5) is 15.5. The van der Waals surface area contributed by atoms with E-state index in [9.17, 15) is 4.79 Å². The summed E-state index contributed by atoms with van der Waals surface area (Å²) >= 11 is 0. The molecule has 1 heterocycles. The number of nitrogens with zero attached hydrogens (tertiary/aromatic N) is 2. The maximum Gasteiger partial charge on any atom is 0.337 e. The van der Waals surface area contributed by atoms with Gasteiger partial charge in [0.2, 0.25) is 0 Å². The Kier molecular flexibility index (Phi) is 4.70. The third-order valence-electron chi connectivity index (χ3n) is 2.62. The number of ether oxygens (including phenoxy) is 2. The van der Waals surface area contributed by atoms with Crippen LogP contribution in [0.2, 0.25) is 0 Å². The van der Waals surface area contributed by atoms with Gasteiger partial charge in [0, 0.05) is 6.42 Å². The van der Waals surface area contributed by atoms with E-state index in [-0.39, 0.29) is 12.6 Å². The zero-order chi connectivity index (χ0) is 14.4. The highest BCUT2D eigenvalue weighted by Crippen LogP contribution is 2.14. The molecule has 106 valence electrons. The Morgan fingerprint density at radius 2 is 2.05 bits per heavy atom. The molecule has 0 atom stereocenters. The maximum atomic E-state index is 11.3. The maximum absolute atomic E-state index is 11.3. The largest absolute Gasteiger partial charge is 0.484 e. The van der Waals surface area contributed by atoms with Crippen molar-refractivity contribution in [3.05, 3.63) is 41.5 Å². The molecule has 6 heteroatoms. The van der Waals surface area contributed by atoms with E-state index in [2.05, 4.69) is 21.8 Å². The van der Waals surface area contributed by atoms with Crippen molar-refractivity contribution in [1.82, 2.24) is 10.1 Å². The smallest absolute Gasteiger partial charge is 0.337 e. The molecule has 6 nitrogen and oxygen atoms in total. The summed E-state index contributed by atoms with van der Waals surface area (Å²) in [5.41, 5.74) is 0.475. The Morgan fingerprint density at radius 1 is 1.30 bits per heavy atom. The number of benzene rings is 1. The Hall–Kier alpha value is -2.37. The molecule has 1 aromatic carbocycles. The second-order valence-electron chi connectivity index (χ2n) is 4.16. The predicted molar refractivity (Wildman–Crippen MR) is 70.4 cm³/mol. The van der Waals surface area contributed by atoms with Crippen molar-refractivity contribution in [3.8, 4) is 5.75 Å². The van der Waals surface area contributed by atoms with E-state index in [0.717, 1.165) is 12.8 Å². The molecule has 0 fully saturated rings. The van der Waals surface area contributed by atoms with Crippen LogP contribution in [0.25, 0.3) is 0 Å². The summed E-state index contributed by atoms with van der Waals surface area (Å²) in [6.07, 6.45) is 1.76. The first-order valence-corrected chi connectivity index (χ1v) is 6.35. The van der Waals surface area contributed by atoms with E-state index in [1.54, 1.807) is 24.3 Å². The molecule has 0 bridgehead atoms. The lowest BCUT2D eigenvalue weighted by Crippen LogP contribution is -2.01. The minimum atomic E-state index is -0.377. The lowest BCUT2D eigenvalue weighted by Gasteiger charge is -2.04. The van der Waals surface area contributed by atoms with Gasteiger partial charge in [-0.05, 0) is 30.7 Å². The van der Waals surface area contributed by atoms with Crippen molar-refractivity contribution in [3.63, 3.8) is 0 Å². The van der Waals surface area contributed by atoms with Gasteiger partial charge in [0.15, 0.2) is 12.4 Å². The molecule has 2 aromatic rings. The second-order valence-corrected chi connectivity index (χ2v) is 4.16. The van der Waals surface area contributed by atoms with Gasteiger partial charge in [-0.15, -0.1) is 0 Å². The first-order valence-electron chi connectivity index (χ1n) is 6.35. The van der Waals surface area contributed by atoms with Gasteiger partial charge < -0.3 is 14.0 Å². The minimum absolute atomic E-state index is 0.203. The van der Waals surface area contributed by atoms with E-state index >= 15 is 0 Å². The molecule has 0 radical (unpaired) electrons. The van der Waals surface area contributed by atoms with Crippen LogP contribution in [-0.4, -0.2) is 23.2 Å². The van der Waals surface area contributed by atoms with Crippen LogP contribution in [0, 0.1) is 0 Å². The van der Waals surface area contributed by atoms with Gasteiger partial charge in [0.25, 0.3) is 5.89 Å². The van der Waals surface area contributed by atoms with Gasteiger partial charge in [-0.25, -0.2) is 4.79 Å². The number of rotatable bonds is 6. The Morgan fingerprint density at radius 3 is 2.70 bits per heavy atom. The molecule has 1 aromatic heterocycles. The van der Waals surface area contributed by atoms with Gasteiger partial charge in [-0.2, -0.15) is 4.98 Å². The van der Waals surface area contributed by atoms with Crippen LogP contribution in [0.5, 0.6) is 5.75 Å². The van der Waals surface area contributed by atoms with Crippen LogP contribution in [0.3, 0.4) is 0 Å². The predicted octanol–water partition coefficient (Wildman–Crippen LogP) is 2.39. The molecule has 0 spiro atoms. The first-order chi connectivity index (χ1) is 9.72. The number of aryl methyl sites for hydroxylation is 1. The SMILES string of the molecule is CCCc1noc(COc2ccc(C(=O)OC)cc2)n1. The average molecular weight is 276 g/mol. The van der Waals surface area contributed by atoms with E-state index in [1.165, 1.54) is 7.11 Å². The zero-order valence-corrected chi connectivity index (χ0v) is 11.5. The second kappa shape index (κ2) is 6.70. The molecular weight excluding hydrogens is 260 g/mol. The number of esters is 1. The molecular formula is C14H16N2O4. The summed E-state index contributed by atoms with van der Waals surface area (Å²) in [6, 6.07) is 6.65. The van der Waals surface area contributed by atoms with Crippen molar-refractivity contribution < 1.29 is 18.8 Å². The lowest BCUT2D eigenvalue weighted by atomic mass is 10.2. The number of methoxy groups -OCH3 is 1. The van der Waals surface area contributed by atoms with Crippen molar-refractivity contribution >= 4 is 5.97 Å². The minimum Gasteiger partial charge on any atom is -0.484 e. The molecule has 0 N–H and O–H groups in total. The van der Waals surface area contributed by atoms with Crippen LogP contribution in [0.4, 0.5) is 0 Å². The molecule has 0 amide bonds. The van der Waals surface area contributed by atoms with Crippen molar-refractivity contribution in [2.75, 3.05) is 7.11 Å². The van der Waals surface area contributed by atoms with Crippen LogP contribution in [0.15, 0.2) is 28.8 Å². The summed E-state index contributed by atoms with van der Waals surface area (Å²) in [5, 5.41) is 3.84. The molecule has 2 rings (SSSR count). The fraction of sp³-hybridized carbons (Fsp3) is 0.357. The lowest BCUT2D eigenvalue weighted by molar-refractivity contribution is 0.0600. The van der Waals surface area contributed by atoms with E-state index in [0.29, 0.717) is 23.0 Å². The number of hydrogen-bond acceptors (Lipinski definition) is 6. The summed E-state index contributed by atoms with van der Waals surface area (Å²) in [5.74, 6) is 1.36. The normalized spacial score (nSPS) is 10.3. The molecule has 0 aliphatic heterocycles. The fourth-order valence-corrected chi connectivity index (χ4v) is 1.62. The van der Waals surface area contributed by atoms with E-state index < -0.39 is 0 Å². The molecule has 0 unspecified atom stereocenters. The molecule has 20 heavy (non-hydrogen) atoms. The molecule has 0 aliphatic carbocycles. The standard InChI is InChI=1S/C14H16N2O4/c1-3-4-12-15-13(20-16-12)9-19-11-7-5-10(6-8-11)14(17)18-2/h5-8H,3-4,9H2,1-2H3. The van der Waals surface area contributed by atoms with E-state index in [4.69, 9.17) is 9.26 Å². The molecule has 0 saturated heterocycles. The van der Waals surface area contributed by atoms with Crippen LogP contribution >= 0.6 is 0 Å². The number of carbonyl (C=O) groups excluding carboxylic acids is 1. The topological polar surface area (TPSA) is 74.5 Å².